The number of hydrogen-bond acceptors (Lipinski definition) is 3. The van der Waals surface area contributed by atoms with Gasteiger partial charge in [0.25, 0.3) is 0 Å². The van der Waals surface area contributed by atoms with Crippen LogP contribution < -0.4 is 10.2 Å². The van der Waals surface area contributed by atoms with Crippen LogP contribution in [-0.2, 0) is 0 Å². The minimum Gasteiger partial charge on any atom is -0.382 e. The molecule has 2 aliphatic rings. The Morgan fingerprint density at radius 2 is 1.75 bits per heavy atom. The molecule has 1 aromatic carbocycles. The third kappa shape index (κ3) is 4.35. The van der Waals surface area contributed by atoms with Crippen molar-refractivity contribution in [2.45, 2.75) is 37.9 Å². The molecule has 1 aliphatic heterocycles. The van der Waals surface area contributed by atoms with Crippen LogP contribution in [0.2, 0.25) is 0 Å². The molecule has 133 valence electrons. The van der Waals surface area contributed by atoms with Crippen molar-refractivity contribution in [3.63, 3.8) is 0 Å². The molecule has 0 amide bonds. The van der Waals surface area contributed by atoms with Crippen LogP contribution in [0.1, 0.15) is 25.7 Å². The van der Waals surface area contributed by atoms with Gasteiger partial charge in [0.15, 0.2) is 0 Å². The van der Waals surface area contributed by atoms with E-state index in [4.69, 9.17) is 0 Å². The molecule has 1 N–H and O–H groups in total. The summed E-state index contributed by atoms with van der Waals surface area (Å²) in [5, 5.41) is 3.38. The molecule has 0 spiro atoms. The predicted molar refractivity (Wildman–Crippen MR) is 90.4 cm³/mol. The molecule has 1 aliphatic carbocycles. The average Bonchev–Trinajstić information content (AvgIpc) is 2.55. The molecule has 1 aromatic rings. The number of anilines is 2. The normalized spacial score (nSPS) is 26.4. The molecule has 1 radical (unpaired) electrons. The van der Waals surface area contributed by atoms with Crippen LogP contribution in [0.25, 0.3) is 0 Å². The maximum Gasteiger partial charge on any atom is 0.391 e. The summed E-state index contributed by atoms with van der Waals surface area (Å²) in [4.78, 5) is 4.66. The van der Waals surface area contributed by atoms with Crippen LogP contribution in [0, 0.1) is 12.0 Å². The van der Waals surface area contributed by atoms with E-state index in [1.165, 1.54) is 0 Å². The first kappa shape index (κ1) is 17.4. The zero-order valence-corrected chi connectivity index (χ0v) is 14.1. The second-order valence-corrected chi connectivity index (χ2v) is 6.99. The highest BCUT2D eigenvalue weighted by molar-refractivity contribution is 5.58. The van der Waals surface area contributed by atoms with Crippen LogP contribution >= 0.6 is 0 Å². The molecule has 1 saturated carbocycles. The van der Waals surface area contributed by atoms with E-state index < -0.39 is 12.1 Å². The van der Waals surface area contributed by atoms with Gasteiger partial charge in [-0.25, -0.2) is 0 Å². The summed E-state index contributed by atoms with van der Waals surface area (Å²) < 4.78 is 38.2. The zero-order valence-electron chi connectivity index (χ0n) is 14.1. The Morgan fingerprint density at radius 3 is 2.38 bits per heavy atom. The van der Waals surface area contributed by atoms with Gasteiger partial charge in [-0.2, -0.15) is 13.2 Å². The van der Waals surface area contributed by atoms with Crippen LogP contribution in [0.3, 0.4) is 0 Å². The second kappa shape index (κ2) is 7.21. The summed E-state index contributed by atoms with van der Waals surface area (Å²) >= 11 is 0. The Balaban J connectivity index is 1.56. The summed E-state index contributed by atoms with van der Waals surface area (Å²) in [5.41, 5.74) is 2.05. The Bertz CT molecular complexity index is 531. The second-order valence-electron chi connectivity index (χ2n) is 6.99. The number of likely N-dealkylation sites (N-methyl/N-ethyl adjacent to an activating group) is 1. The van der Waals surface area contributed by atoms with Crippen molar-refractivity contribution < 1.29 is 13.2 Å². The first-order valence-electron chi connectivity index (χ1n) is 8.70. The van der Waals surface area contributed by atoms with E-state index in [1.807, 2.05) is 6.07 Å². The van der Waals surface area contributed by atoms with Crippen LogP contribution in [-0.4, -0.2) is 50.3 Å². The van der Waals surface area contributed by atoms with Gasteiger partial charge >= 0.3 is 6.18 Å². The quantitative estimate of drug-likeness (QED) is 0.904. The highest BCUT2D eigenvalue weighted by Crippen LogP contribution is 2.38. The molecule has 0 bridgehead atoms. The molecule has 3 rings (SSSR count). The lowest BCUT2D eigenvalue weighted by Crippen LogP contribution is -2.44. The van der Waals surface area contributed by atoms with Gasteiger partial charge < -0.3 is 15.1 Å². The van der Waals surface area contributed by atoms with E-state index in [1.54, 1.807) is 0 Å². The number of benzene rings is 1. The van der Waals surface area contributed by atoms with Crippen LogP contribution in [0.4, 0.5) is 24.5 Å². The van der Waals surface area contributed by atoms with Gasteiger partial charge in [-0.1, -0.05) is 6.07 Å². The fourth-order valence-electron chi connectivity index (χ4n) is 3.58. The summed E-state index contributed by atoms with van der Waals surface area (Å²) in [5.74, 6) is -1.13. The lowest BCUT2D eigenvalue weighted by atomic mass is 9.85. The average molecular weight is 340 g/mol. The molecule has 24 heavy (non-hydrogen) atoms. The summed E-state index contributed by atoms with van der Waals surface area (Å²) in [7, 11) is 2.13. The minimum absolute atomic E-state index is 0.114. The number of nitrogens with zero attached hydrogens (tertiary/aromatic N) is 2. The Labute approximate surface area is 141 Å². The molecule has 1 heterocycles. The highest BCUT2D eigenvalue weighted by Gasteiger charge is 2.41. The first-order valence-corrected chi connectivity index (χ1v) is 8.70. The molecule has 1 saturated heterocycles. The monoisotopic (exact) mass is 340 g/mol. The van der Waals surface area contributed by atoms with E-state index in [-0.39, 0.29) is 18.9 Å². The van der Waals surface area contributed by atoms with Crippen LogP contribution in [0.15, 0.2) is 18.2 Å². The van der Waals surface area contributed by atoms with E-state index in [2.05, 4.69) is 40.4 Å². The Morgan fingerprint density at radius 1 is 1.08 bits per heavy atom. The summed E-state index contributed by atoms with van der Waals surface area (Å²) in [6.45, 7) is 4.08. The van der Waals surface area contributed by atoms with Gasteiger partial charge in [0.2, 0.25) is 0 Å². The molecule has 0 unspecified atom stereocenters. The van der Waals surface area contributed by atoms with Gasteiger partial charge in [-0.05, 0) is 44.9 Å². The SMILES string of the molecule is CN1CCN(c2cc[c]c(N[C@H]3CC[C@H](C(F)(F)F)CC3)c2)CC1. The number of rotatable bonds is 3. The van der Waals surface area contributed by atoms with Gasteiger partial charge in [-0.15, -0.1) is 0 Å². The van der Waals surface area contributed by atoms with Crippen molar-refractivity contribution in [1.82, 2.24) is 4.90 Å². The van der Waals surface area contributed by atoms with E-state index in [0.717, 1.165) is 37.6 Å². The maximum absolute atomic E-state index is 12.7. The van der Waals surface area contributed by atoms with E-state index in [0.29, 0.717) is 12.8 Å². The summed E-state index contributed by atoms with van der Waals surface area (Å²) in [6, 6.07) is 9.31. The topological polar surface area (TPSA) is 18.5 Å². The molecular weight excluding hydrogens is 315 g/mol. The van der Waals surface area contributed by atoms with Crippen molar-refractivity contribution >= 4 is 11.4 Å². The molecule has 0 atom stereocenters. The number of halogens is 3. The van der Waals surface area contributed by atoms with Crippen molar-refractivity contribution in [1.29, 1.82) is 0 Å². The van der Waals surface area contributed by atoms with Gasteiger partial charge in [0.05, 0.1) is 5.92 Å². The third-order valence-electron chi connectivity index (χ3n) is 5.20. The summed E-state index contributed by atoms with van der Waals surface area (Å²) in [6.07, 6.45) is -2.47. The van der Waals surface area contributed by atoms with Crippen molar-refractivity contribution in [3.8, 4) is 0 Å². The molecule has 0 aromatic heterocycles. The van der Waals surface area contributed by atoms with Crippen molar-refractivity contribution in [2.75, 3.05) is 43.4 Å². The molecule has 2 fully saturated rings. The predicted octanol–water partition coefficient (Wildman–Crippen LogP) is 3.77. The van der Waals surface area contributed by atoms with Crippen molar-refractivity contribution in [3.05, 3.63) is 24.3 Å². The Hall–Kier alpha value is -1.43. The van der Waals surface area contributed by atoms with Gasteiger partial charge in [0.1, 0.15) is 0 Å². The van der Waals surface area contributed by atoms with Gasteiger partial charge in [-0.3, -0.25) is 0 Å². The molecule has 3 nitrogen and oxygen atoms in total. The maximum atomic E-state index is 12.7. The molecule has 6 heteroatoms. The lowest BCUT2D eigenvalue weighted by molar-refractivity contribution is -0.182. The fourth-order valence-corrected chi connectivity index (χ4v) is 3.58. The van der Waals surface area contributed by atoms with E-state index in [9.17, 15) is 13.2 Å². The minimum atomic E-state index is -4.04. The standard InChI is InChI=1S/C18H25F3N3/c1-23-9-11-24(12-10-23)17-4-2-3-16(13-17)22-15-7-5-14(6-8-15)18(19,20)21/h2,4,13-15,22H,5-12H2,1H3/t14-,15-. The number of piperazine rings is 1. The fraction of sp³-hybridized carbons (Fsp3) is 0.667. The molecular formula is C18H25F3N3. The zero-order chi connectivity index (χ0) is 17.2. The van der Waals surface area contributed by atoms with Crippen LogP contribution in [0.5, 0.6) is 0 Å². The lowest BCUT2D eigenvalue weighted by Gasteiger charge is -2.34. The number of nitrogens with one attached hydrogen (secondary N) is 1. The smallest absolute Gasteiger partial charge is 0.382 e. The number of alkyl halides is 3. The van der Waals surface area contributed by atoms with Crippen molar-refractivity contribution in [2.24, 2.45) is 5.92 Å². The highest BCUT2D eigenvalue weighted by atomic mass is 19.4. The Kier molecular flexibility index (Phi) is 5.23. The first-order chi connectivity index (χ1) is 11.4. The van der Waals surface area contributed by atoms with Gasteiger partial charge in [0, 0.05) is 49.7 Å². The van der Waals surface area contributed by atoms with E-state index >= 15 is 0 Å². The largest absolute Gasteiger partial charge is 0.391 e. The number of hydrogen-bond donors (Lipinski definition) is 1. The third-order valence-corrected chi connectivity index (χ3v) is 5.20.